The van der Waals surface area contributed by atoms with E-state index < -0.39 is 12.1 Å². The maximum absolute atomic E-state index is 12.9. The van der Waals surface area contributed by atoms with Crippen LogP contribution in [0.25, 0.3) is 21.7 Å². The van der Waals surface area contributed by atoms with Gasteiger partial charge >= 0.3 is 6.36 Å². The highest BCUT2D eigenvalue weighted by atomic mass is 35.5. The SMILES string of the molecule is ON1C2CCC1CN(c1nc3c(OC(F)(F)F)c(Cl)cc(-c4nccs4)c3o1)C2. The van der Waals surface area contributed by atoms with Crippen molar-refractivity contribution in [3.8, 4) is 16.3 Å². The van der Waals surface area contributed by atoms with Gasteiger partial charge < -0.3 is 19.3 Å². The Morgan fingerprint density at radius 2 is 2.00 bits per heavy atom. The molecule has 2 fully saturated rings. The molecule has 2 saturated heterocycles. The molecule has 12 heteroatoms. The highest BCUT2D eigenvalue weighted by Gasteiger charge is 2.41. The Hall–Kier alpha value is -2.08. The molecule has 2 aliphatic heterocycles. The molecule has 0 saturated carbocycles. The Morgan fingerprint density at radius 1 is 1.28 bits per heavy atom. The van der Waals surface area contributed by atoms with Gasteiger partial charge in [-0.05, 0) is 18.9 Å². The largest absolute Gasteiger partial charge is 0.573 e. The molecule has 0 spiro atoms. The van der Waals surface area contributed by atoms with E-state index in [1.807, 2.05) is 4.90 Å². The summed E-state index contributed by atoms with van der Waals surface area (Å²) in [5, 5.41) is 13.5. The Balaban J connectivity index is 1.64. The predicted molar refractivity (Wildman–Crippen MR) is 99.5 cm³/mol. The van der Waals surface area contributed by atoms with E-state index in [0.29, 0.717) is 23.7 Å². The van der Waals surface area contributed by atoms with Crippen molar-refractivity contribution in [3.63, 3.8) is 0 Å². The van der Waals surface area contributed by atoms with E-state index in [0.717, 1.165) is 12.8 Å². The van der Waals surface area contributed by atoms with E-state index in [-0.39, 0.29) is 34.2 Å². The standard InChI is InChI=1S/C17H14ClF3N4O3S/c18-11-5-10(15-22-3-4-29-15)13-12(14(11)28-17(19,20)21)23-16(27-13)24-6-8-1-2-9(7-24)25(8)26/h3-5,8-9,26H,1-2,6-7H2. The van der Waals surface area contributed by atoms with Gasteiger partial charge in [0.25, 0.3) is 6.01 Å². The van der Waals surface area contributed by atoms with Crippen molar-refractivity contribution in [3.05, 3.63) is 22.7 Å². The second-order valence-electron chi connectivity index (χ2n) is 6.96. The summed E-state index contributed by atoms with van der Waals surface area (Å²) in [5.74, 6) is -0.603. The average molecular weight is 447 g/mol. The van der Waals surface area contributed by atoms with E-state index in [2.05, 4.69) is 14.7 Å². The molecule has 0 aliphatic carbocycles. The molecule has 2 aliphatic rings. The quantitative estimate of drug-likeness (QED) is 0.632. The molecule has 2 aromatic heterocycles. The lowest BCUT2D eigenvalue weighted by Gasteiger charge is -2.36. The van der Waals surface area contributed by atoms with Gasteiger partial charge in [0, 0.05) is 24.7 Å². The van der Waals surface area contributed by atoms with Crippen LogP contribution in [0.1, 0.15) is 12.8 Å². The molecule has 7 nitrogen and oxygen atoms in total. The maximum atomic E-state index is 12.9. The zero-order chi connectivity index (χ0) is 20.3. The van der Waals surface area contributed by atoms with E-state index in [9.17, 15) is 18.4 Å². The van der Waals surface area contributed by atoms with Crippen molar-refractivity contribution >= 4 is 40.1 Å². The summed E-state index contributed by atoms with van der Waals surface area (Å²) in [6.07, 6.45) is -1.69. The number of ether oxygens (including phenoxy) is 1. The van der Waals surface area contributed by atoms with Gasteiger partial charge in [-0.15, -0.1) is 24.5 Å². The molecule has 1 aromatic carbocycles. The molecule has 0 radical (unpaired) electrons. The minimum Gasteiger partial charge on any atom is -0.422 e. The zero-order valence-corrected chi connectivity index (χ0v) is 16.3. The van der Waals surface area contributed by atoms with Crippen LogP contribution in [0.15, 0.2) is 22.1 Å². The molecule has 2 atom stereocenters. The number of halogens is 4. The summed E-state index contributed by atoms with van der Waals surface area (Å²) in [7, 11) is 0. The molecule has 2 unspecified atom stereocenters. The van der Waals surface area contributed by atoms with Crippen molar-refractivity contribution in [1.29, 1.82) is 0 Å². The smallest absolute Gasteiger partial charge is 0.422 e. The van der Waals surface area contributed by atoms with Crippen LogP contribution >= 0.6 is 22.9 Å². The highest BCUT2D eigenvalue weighted by Crippen LogP contribution is 2.44. The third kappa shape index (κ3) is 3.31. The second-order valence-corrected chi connectivity index (χ2v) is 8.27. The van der Waals surface area contributed by atoms with Crippen LogP contribution in [0, 0.1) is 0 Å². The lowest BCUT2D eigenvalue weighted by molar-refractivity contribution is -0.274. The van der Waals surface area contributed by atoms with Crippen LogP contribution < -0.4 is 9.64 Å². The molecular formula is C17H14ClF3N4O3S. The lowest BCUT2D eigenvalue weighted by atomic mass is 10.2. The number of fused-ring (bicyclic) bond motifs is 3. The molecule has 4 heterocycles. The van der Waals surface area contributed by atoms with Crippen LogP contribution in [0.5, 0.6) is 5.75 Å². The number of thiazole rings is 1. The number of anilines is 1. The molecular weight excluding hydrogens is 433 g/mol. The number of piperazine rings is 1. The van der Waals surface area contributed by atoms with Crippen molar-refractivity contribution < 1.29 is 27.5 Å². The average Bonchev–Trinajstić information content (AvgIpc) is 3.36. The van der Waals surface area contributed by atoms with Gasteiger partial charge in [0.1, 0.15) is 5.01 Å². The number of benzene rings is 1. The molecule has 5 rings (SSSR count). The Bertz CT molecular complexity index is 1040. The topological polar surface area (TPSA) is 74.9 Å². The van der Waals surface area contributed by atoms with Gasteiger partial charge in [0.2, 0.25) is 0 Å². The number of hydrogen-bond acceptors (Lipinski definition) is 8. The van der Waals surface area contributed by atoms with Crippen molar-refractivity contribution in [1.82, 2.24) is 15.0 Å². The van der Waals surface area contributed by atoms with E-state index in [4.69, 9.17) is 16.0 Å². The summed E-state index contributed by atoms with van der Waals surface area (Å²) in [4.78, 5) is 10.3. The maximum Gasteiger partial charge on any atom is 0.573 e. The van der Waals surface area contributed by atoms with Crippen LogP contribution in [-0.4, -0.2) is 51.8 Å². The summed E-state index contributed by atoms with van der Waals surface area (Å²) in [6, 6.07) is 1.36. The van der Waals surface area contributed by atoms with Crippen LogP contribution in [-0.2, 0) is 0 Å². The Morgan fingerprint density at radius 3 is 2.62 bits per heavy atom. The number of aromatic nitrogens is 2. The van der Waals surface area contributed by atoms with Crippen molar-refractivity contribution in [2.24, 2.45) is 0 Å². The zero-order valence-electron chi connectivity index (χ0n) is 14.7. The molecule has 2 bridgehead atoms. The van der Waals surface area contributed by atoms with Gasteiger partial charge in [-0.3, -0.25) is 0 Å². The van der Waals surface area contributed by atoms with Gasteiger partial charge in [-0.25, -0.2) is 4.98 Å². The second kappa shape index (κ2) is 6.73. The van der Waals surface area contributed by atoms with Crippen LogP contribution in [0.3, 0.4) is 0 Å². The first-order chi connectivity index (χ1) is 13.8. The summed E-state index contributed by atoms with van der Waals surface area (Å²) in [6.45, 7) is 0.908. The Labute approximate surface area is 171 Å². The minimum absolute atomic E-state index is 0.0725. The number of hydroxylamine groups is 2. The monoisotopic (exact) mass is 446 g/mol. The highest BCUT2D eigenvalue weighted by molar-refractivity contribution is 7.13. The normalized spacial score (nSPS) is 22.6. The fraction of sp³-hybridized carbons (Fsp3) is 0.412. The summed E-state index contributed by atoms with van der Waals surface area (Å²) < 4.78 is 48.9. The fourth-order valence-electron chi connectivity index (χ4n) is 3.92. The Kier molecular flexibility index (Phi) is 4.39. The summed E-state index contributed by atoms with van der Waals surface area (Å²) >= 11 is 7.42. The first kappa shape index (κ1) is 18.9. The van der Waals surface area contributed by atoms with E-state index >= 15 is 0 Å². The number of nitrogens with zero attached hydrogens (tertiary/aromatic N) is 4. The van der Waals surface area contributed by atoms with Crippen LogP contribution in [0.2, 0.25) is 5.02 Å². The number of hydrogen-bond donors (Lipinski definition) is 1. The molecule has 3 aromatic rings. The molecule has 0 amide bonds. The van der Waals surface area contributed by atoms with Crippen molar-refractivity contribution in [2.45, 2.75) is 31.3 Å². The number of oxazole rings is 1. The third-order valence-corrected chi connectivity index (χ3v) is 6.25. The van der Waals surface area contributed by atoms with Crippen molar-refractivity contribution in [2.75, 3.05) is 18.0 Å². The van der Waals surface area contributed by atoms with Gasteiger partial charge in [0.15, 0.2) is 16.8 Å². The van der Waals surface area contributed by atoms with E-state index in [1.165, 1.54) is 22.5 Å². The molecule has 154 valence electrons. The first-order valence-electron chi connectivity index (χ1n) is 8.81. The van der Waals surface area contributed by atoms with Gasteiger partial charge in [-0.1, -0.05) is 11.6 Å². The number of rotatable bonds is 3. The molecule has 29 heavy (non-hydrogen) atoms. The molecule has 1 N–H and O–H groups in total. The number of alkyl halides is 3. The van der Waals surface area contributed by atoms with Crippen LogP contribution in [0.4, 0.5) is 19.2 Å². The van der Waals surface area contributed by atoms with E-state index in [1.54, 1.807) is 11.6 Å². The summed E-state index contributed by atoms with van der Waals surface area (Å²) in [5.41, 5.74) is 0.447. The van der Waals surface area contributed by atoms with Gasteiger partial charge in [-0.2, -0.15) is 10.0 Å². The predicted octanol–water partition coefficient (Wildman–Crippen LogP) is 4.55. The minimum atomic E-state index is -4.93. The van der Waals surface area contributed by atoms with Gasteiger partial charge in [0.05, 0.1) is 22.7 Å². The third-order valence-electron chi connectivity index (χ3n) is 5.16. The fourth-order valence-corrected chi connectivity index (χ4v) is 4.80. The first-order valence-corrected chi connectivity index (χ1v) is 10.1. The lowest BCUT2D eigenvalue weighted by Crippen LogP contribution is -2.52.